The van der Waals surface area contributed by atoms with E-state index in [4.69, 9.17) is 9.47 Å². The third-order valence-electron chi connectivity index (χ3n) is 7.99. The Morgan fingerprint density at radius 3 is 2.41 bits per heavy atom. The first-order valence-corrected chi connectivity index (χ1v) is 13.3. The molecule has 4 saturated carbocycles. The lowest BCUT2D eigenvalue weighted by atomic mass is 9.48. The summed E-state index contributed by atoms with van der Waals surface area (Å²) in [5.41, 5.74) is -0.138. The molecule has 1 aromatic carbocycles. The Hall–Kier alpha value is -1.93. The van der Waals surface area contributed by atoms with Gasteiger partial charge < -0.3 is 9.47 Å². The van der Waals surface area contributed by atoms with Crippen molar-refractivity contribution in [2.45, 2.75) is 75.4 Å². The van der Waals surface area contributed by atoms with Crippen LogP contribution < -0.4 is 4.74 Å². The van der Waals surface area contributed by atoms with Crippen molar-refractivity contribution in [1.29, 1.82) is 0 Å². The van der Waals surface area contributed by atoms with E-state index in [1.54, 1.807) is 25.3 Å². The predicted octanol–water partition coefficient (Wildman–Crippen LogP) is 5.47. The Bertz CT molecular complexity index is 1010. The van der Waals surface area contributed by atoms with Crippen LogP contribution in [0.15, 0.2) is 29.4 Å². The number of halogens is 1. The number of nitrogens with zero attached hydrogens (tertiary/aromatic N) is 3. The summed E-state index contributed by atoms with van der Waals surface area (Å²) >= 11 is 1.48. The minimum atomic E-state index is -0.414. The summed E-state index contributed by atoms with van der Waals surface area (Å²) < 4.78 is 27.1. The van der Waals surface area contributed by atoms with Crippen LogP contribution in [0.2, 0.25) is 0 Å². The van der Waals surface area contributed by atoms with Crippen molar-refractivity contribution in [2.75, 3.05) is 13.7 Å². The molecule has 0 saturated heterocycles. The maximum atomic E-state index is 14.0. The van der Waals surface area contributed by atoms with Crippen LogP contribution in [0, 0.1) is 29.0 Å². The van der Waals surface area contributed by atoms with E-state index in [9.17, 15) is 9.18 Å². The first-order valence-electron chi connectivity index (χ1n) is 12.4. The Morgan fingerprint density at radius 2 is 1.79 bits per heavy atom. The van der Waals surface area contributed by atoms with Gasteiger partial charge in [-0.15, -0.1) is 10.2 Å². The van der Waals surface area contributed by atoms with Crippen LogP contribution in [0.5, 0.6) is 5.75 Å². The zero-order valence-electron chi connectivity index (χ0n) is 20.2. The maximum absolute atomic E-state index is 14.0. The van der Waals surface area contributed by atoms with E-state index in [0.29, 0.717) is 23.4 Å². The topological polar surface area (TPSA) is 66.2 Å². The fourth-order valence-electron chi connectivity index (χ4n) is 7.00. The number of Topliss-reactive ketones (excluding diaryl/α,β-unsaturated/α-hetero) is 1. The highest BCUT2D eigenvalue weighted by molar-refractivity contribution is 8.00. The van der Waals surface area contributed by atoms with Crippen LogP contribution in [0.1, 0.15) is 64.2 Å². The minimum Gasteiger partial charge on any atom is -0.483 e. The molecule has 4 bridgehead atoms. The van der Waals surface area contributed by atoms with Crippen molar-refractivity contribution in [2.24, 2.45) is 23.2 Å². The van der Waals surface area contributed by atoms with Gasteiger partial charge in [-0.1, -0.05) is 23.9 Å². The fraction of sp³-hybridized carbons (Fsp3) is 0.654. The Morgan fingerprint density at radius 1 is 1.15 bits per heavy atom. The number of hydrogen-bond donors (Lipinski definition) is 0. The van der Waals surface area contributed by atoms with Gasteiger partial charge in [0, 0.05) is 12.5 Å². The molecule has 2 atom stereocenters. The molecule has 8 heteroatoms. The van der Waals surface area contributed by atoms with E-state index in [0.717, 1.165) is 37.0 Å². The zero-order chi connectivity index (χ0) is 23.9. The molecule has 0 N–H and O–H groups in total. The number of aromatic nitrogens is 3. The Kier molecular flexibility index (Phi) is 6.73. The minimum absolute atomic E-state index is 0.0522. The predicted molar refractivity (Wildman–Crippen MR) is 128 cm³/mol. The van der Waals surface area contributed by atoms with Crippen LogP contribution in [-0.4, -0.2) is 39.5 Å². The van der Waals surface area contributed by atoms with Gasteiger partial charge in [0.2, 0.25) is 0 Å². The second-order valence-corrected chi connectivity index (χ2v) is 11.9. The average Bonchev–Trinajstić information content (AvgIpc) is 3.19. The summed E-state index contributed by atoms with van der Waals surface area (Å²) in [6.07, 6.45) is 7.17. The molecule has 2 aromatic rings. The van der Waals surface area contributed by atoms with E-state index in [-0.39, 0.29) is 29.1 Å². The van der Waals surface area contributed by atoms with E-state index in [1.807, 2.05) is 18.4 Å². The van der Waals surface area contributed by atoms with Gasteiger partial charge in [-0.3, -0.25) is 9.36 Å². The fourth-order valence-corrected chi connectivity index (χ4v) is 8.16. The van der Waals surface area contributed by atoms with Crippen LogP contribution in [0.25, 0.3) is 0 Å². The molecule has 1 heterocycles. The highest BCUT2D eigenvalue weighted by Crippen LogP contribution is 2.61. The van der Waals surface area contributed by atoms with Gasteiger partial charge >= 0.3 is 0 Å². The zero-order valence-corrected chi connectivity index (χ0v) is 21.0. The largest absolute Gasteiger partial charge is 0.483 e. The lowest BCUT2D eigenvalue weighted by molar-refractivity contribution is -0.143. The molecule has 0 unspecified atom stereocenters. The van der Waals surface area contributed by atoms with Gasteiger partial charge in [-0.05, 0) is 82.3 Å². The molecule has 0 amide bonds. The maximum Gasteiger partial charge on any atom is 0.192 e. The third kappa shape index (κ3) is 4.51. The van der Waals surface area contributed by atoms with Crippen molar-refractivity contribution in [3.8, 4) is 5.75 Å². The van der Waals surface area contributed by atoms with Crippen molar-refractivity contribution in [1.82, 2.24) is 14.8 Å². The molecule has 0 aliphatic heterocycles. The number of hydrogen-bond acceptors (Lipinski definition) is 6. The molecule has 4 aliphatic carbocycles. The van der Waals surface area contributed by atoms with Crippen molar-refractivity contribution in [3.05, 3.63) is 35.9 Å². The van der Waals surface area contributed by atoms with Gasteiger partial charge in [-0.25, -0.2) is 4.39 Å². The molecular formula is C26H34FN3O3S. The lowest BCUT2D eigenvalue weighted by Gasteiger charge is -2.56. The van der Waals surface area contributed by atoms with Gasteiger partial charge in [0.15, 0.2) is 28.3 Å². The molecule has 4 fully saturated rings. The molecule has 34 heavy (non-hydrogen) atoms. The molecule has 0 spiro atoms. The number of rotatable bonds is 10. The summed E-state index contributed by atoms with van der Waals surface area (Å²) in [5, 5.41) is 9.25. The number of carbonyl (C=O) groups is 1. The number of thioether (sulfide) groups is 1. The number of benzene rings is 1. The smallest absolute Gasteiger partial charge is 0.192 e. The number of ether oxygens (including phenoxy) is 2. The number of para-hydroxylation sites is 1. The molecule has 6 rings (SSSR count). The normalized spacial score (nSPS) is 29.2. The van der Waals surface area contributed by atoms with E-state index >= 15 is 0 Å². The summed E-state index contributed by atoms with van der Waals surface area (Å²) in [5.74, 6) is 2.94. The highest BCUT2D eigenvalue weighted by atomic mass is 32.2. The van der Waals surface area contributed by atoms with E-state index in [1.165, 1.54) is 37.1 Å². The van der Waals surface area contributed by atoms with E-state index in [2.05, 4.69) is 10.2 Å². The lowest BCUT2D eigenvalue weighted by Crippen LogP contribution is -2.51. The monoisotopic (exact) mass is 487 g/mol. The van der Waals surface area contributed by atoms with Gasteiger partial charge in [0.05, 0.1) is 17.9 Å². The molecule has 4 aliphatic rings. The standard InChI is InChI=1S/C26H34FN3O3S/c1-16(14-32-3)30-23(15-33-22-7-5-4-6-21(22)27)28-29-25(30)34-17(2)24(31)26-11-18-8-19(12-26)10-20(9-18)13-26/h4-7,16-20H,8-15H2,1-3H3/t16-,17-,18?,19?,20?,26?/m0/s1. The van der Waals surface area contributed by atoms with Crippen LogP contribution in [0.3, 0.4) is 0 Å². The van der Waals surface area contributed by atoms with Crippen molar-refractivity contribution < 1.29 is 18.7 Å². The van der Waals surface area contributed by atoms with Crippen LogP contribution in [-0.2, 0) is 16.1 Å². The summed E-state index contributed by atoms with van der Waals surface area (Å²) in [7, 11) is 1.66. The first-order chi connectivity index (χ1) is 16.4. The second-order valence-electron chi connectivity index (χ2n) is 10.6. The van der Waals surface area contributed by atoms with E-state index < -0.39 is 5.82 Å². The summed E-state index contributed by atoms with van der Waals surface area (Å²) in [4.78, 5) is 13.8. The summed E-state index contributed by atoms with van der Waals surface area (Å²) in [6, 6.07) is 6.27. The second kappa shape index (κ2) is 9.61. The van der Waals surface area contributed by atoms with Crippen molar-refractivity contribution >= 4 is 17.5 Å². The summed E-state index contributed by atoms with van der Waals surface area (Å²) in [6.45, 7) is 4.59. The molecule has 1 aromatic heterocycles. The quantitative estimate of drug-likeness (QED) is 0.414. The molecule has 0 radical (unpaired) electrons. The van der Waals surface area contributed by atoms with Gasteiger partial charge in [0.25, 0.3) is 0 Å². The number of carbonyl (C=O) groups excluding carboxylic acids is 1. The van der Waals surface area contributed by atoms with Crippen molar-refractivity contribution in [3.63, 3.8) is 0 Å². The molecule has 6 nitrogen and oxygen atoms in total. The molecule has 184 valence electrons. The third-order valence-corrected chi connectivity index (χ3v) is 9.05. The first kappa shape index (κ1) is 23.8. The number of ketones is 1. The molecular weight excluding hydrogens is 453 g/mol. The Balaban J connectivity index is 1.33. The van der Waals surface area contributed by atoms with Gasteiger partial charge in [0.1, 0.15) is 6.61 Å². The van der Waals surface area contributed by atoms with Gasteiger partial charge in [-0.2, -0.15) is 0 Å². The SMILES string of the molecule is COC[C@H](C)n1c(COc2ccccc2F)nnc1S[C@@H](C)C(=O)C12CC3CC(CC(C3)C1)C2. The van der Waals surface area contributed by atoms with Crippen LogP contribution in [0.4, 0.5) is 4.39 Å². The average molecular weight is 488 g/mol. The highest BCUT2D eigenvalue weighted by Gasteiger charge is 2.55. The van der Waals surface area contributed by atoms with Crippen LogP contribution >= 0.6 is 11.8 Å². The Labute approximate surface area is 205 Å². The number of methoxy groups -OCH3 is 1.